The van der Waals surface area contributed by atoms with Crippen LogP contribution in [0.4, 0.5) is 0 Å². The van der Waals surface area contributed by atoms with Crippen molar-refractivity contribution >= 4 is 11.6 Å². The van der Waals surface area contributed by atoms with Crippen LogP contribution in [0, 0.1) is 6.92 Å². The lowest BCUT2D eigenvalue weighted by Gasteiger charge is -2.14. The van der Waals surface area contributed by atoms with Gasteiger partial charge in [-0.25, -0.2) is 0 Å². The van der Waals surface area contributed by atoms with Gasteiger partial charge < -0.3 is 9.73 Å². The minimum atomic E-state index is 0.643. The molecule has 0 bridgehead atoms. The molecule has 3 rings (SSSR count). The number of nitrogens with one attached hydrogen (secondary N) is 1. The Kier molecular flexibility index (Phi) is 5.22. The molecule has 1 aliphatic rings. The maximum absolute atomic E-state index is 6.19. The van der Waals surface area contributed by atoms with Crippen LogP contribution in [0.15, 0.2) is 34.7 Å². The molecule has 0 radical (unpaired) electrons. The summed E-state index contributed by atoms with van der Waals surface area (Å²) in [4.78, 5) is 0. The number of aryl methyl sites for hydroxylation is 1. The largest absolute Gasteiger partial charge is 0.460 e. The molecule has 1 heterocycles. The maximum atomic E-state index is 6.19. The fourth-order valence-electron chi connectivity index (χ4n) is 3.10. The van der Waals surface area contributed by atoms with Gasteiger partial charge in [0.25, 0.3) is 0 Å². The molecular weight excluding hydrogens is 294 g/mol. The predicted molar refractivity (Wildman–Crippen MR) is 92.2 cm³/mol. The number of hydrogen-bond donors (Lipinski definition) is 1. The summed E-state index contributed by atoms with van der Waals surface area (Å²) in [5, 5.41) is 4.43. The third kappa shape index (κ3) is 3.93. The zero-order chi connectivity index (χ0) is 15.4. The summed E-state index contributed by atoms with van der Waals surface area (Å²) in [6.45, 7) is 2.82. The third-order valence-electron chi connectivity index (χ3n) is 4.54. The van der Waals surface area contributed by atoms with Gasteiger partial charge in [-0.15, -0.1) is 0 Å². The second-order valence-electron chi connectivity index (χ2n) is 6.30. The molecule has 0 spiro atoms. The highest BCUT2D eigenvalue weighted by molar-refractivity contribution is 6.31. The van der Waals surface area contributed by atoms with E-state index in [1.54, 1.807) is 0 Å². The number of halogens is 1. The van der Waals surface area contributed by atoms with Crippen molar-refractivity contribution in [2.45, 2.75) is 58.0 Å². The first-order valence-electron chi connectivity index (χ1n) is 8.31. The van der Waals surface area contributed by atoms with E-state index in [1.807, 2.05) is 25.1 Å². The Bertz CT molecular complexity index is 612. The molecule has 1 fully saturated rings. The molecule has 3 heteroatoms. The van der Waals surface area contributed by atoms with Crippen molar-refractivity contribution in [3.05, 3.63) is 46.7 Å². The molecule has 22 heavy (non-hydrogen) atoms. The summed E-state index contributed by atoms with van der Waals surface area (Å²) in [6, 6.07) is 10.8. The minimum Gasteiger partial charge on any atom is -0.460 e. The van der Waals surface area contributed by atoms with E-state index in [1.165, 1.54) is 38.5 Å². The van der Waals surface area contributed by atoms with Gasteiger partial charge >= 0.3 is 0 Å². The molecule has 0 amide bonds. The normalized spacial score (nSPS) is 16.6. The van der Waals surface area contributed by atoms with Crippen LogP contribution in [0.1, 0.15) is 49.8 Å². The van der Waals surface area contributed by atoms with E-state index in [4.69, 9.17) is 16.0 Å². The first kappa shape index (κ1) is 15.6. The Hall–Kier alpha value is -1.25. The summed E-state index contributed by atoms with van der Waals surface area (Å²) in [7, 11) is 0. The number of furan rings is 1. The molecule has 118 valence electrons. The van der Waals surface area contributed by atoms with Gasteiger partial charge in [0, 0.05) is 16.6 Å². The van der Waals surface area contributed by atoms with Crippen molar-refractivity contribution in [1.82, 2.24) is 5.32 Å². The van der Waals surface area contributed by atoms with E-state index in [9.17, 15) is 0 Å². The number of benzene rings is 1. The summed E-state index contributed by atoms with van der Waals surface area (Å²) in [5.41, 5.74) is 2.13. The number of rotatable bonds is 4. The van der Waals surface area contributed by atoms with E-state index in [0.29, 0.717) is 6.04 Å². The SMILES string of the molecule is Cc1ccc(-c2ccc(CNC3CCCCCC3)o2)cc1Cl. The highest BCUT2D eigenvalue weighted by Crippen LogP contribution is 2.27. The first-order chi connectivity index (χ1) is 10.7. The quantitative estimate of drug-likeness (QED) is 0.729. The lowest BCUT2D eigenvalue weighted by atomic mass is 10.1. The molecular formula is C19H24ClNO. The third-order valence-corrected chi connectivity index (χ3v) is 4.95. The van der Waals surface area contributed by atoms with Crippen LogP contribution in [0.5, 0.6) is 0 Å². The van der Waals surface area contributed by atoms with Crippen LogP contribution in [-0.2, 0) is 6.54 Å². The standard InChI is InChI=1S/C19H24ClNO/c1-14-8-9-15(12-18(14)20)19-11-10-17(22-19)13-21-16-6-4-2-3-5-7-16/h8-12,16,21H,2-7,13H2,1H3. The van der Waals surface area contributed by atoms with Crippen molar-refractivity contribution < 1.29 is 4.42 Å². The molecule has 1 aromatic heterocycles. The summed E-state index contributed by atoms with van der Waals surface area (Å²) < 4.78 is 5.97. The van der Waals surface area contributed by atoms with Crippen molar-refractivity contribution in [3.8, 4) is 11.3 Å². The lowest BCUT2D eigenvalue weighted by molar-refractivity contribution is 0.420. The van der Waals surface area contributed by atoms with Gasteiger partial charge in [0.15, 0.2) is 0 Å². The molecule has 2 nitrogen and oxygen atoms in total. The molecule has 2 aromatic rings. The van der Waals surface area contributed by atoms with Gasteiger partial charge in [-0.3, -0.25) is 0 Å². The topological polar surface area (TPSA) is 25.2 Å². The molecule has 1 N–H and O–H groups in total. The summed E-state index contributed by atoms with van der Waals surface area (Å²) in [5.74, 6) is 1.88. The van der Waals surface area contributed by atoms with E-state index in [-0.39, 0.29) is 0 Å². The Morgan fingerprint density at radius 1 is 1.09 bits per heavy atom. The Balaban J connectivity index is 1.62. The van der Waals surface area contributed by atoms with Crippen LogP contribution in [0.3, 0.4) is 0 Å². The van der Waals surface area contributed by atoms with E-state index in [2.05, 4.69) is 17.4 Å². The zero-order valence-corrected chi connectivity index (χ0v) is 14.0. The van der Waals surface area contributed by atoms with E-state index < -0.39 is 0 Å². The zero-order valence-electron chi connectivity index (χ0n) is 13.2. The molecule has 0 atom stereocenters. The fourth-order valence-corrected chi connectivity index (χ4v) is 3.28. The molecule has 0 aliphatic heterocycles. The molecule has 0 saturated heterocycles. The van der Waals surface area contributed by atoms with Crippen LogP contribution >= 0.6 is 11.6 Å². The van der Waals surface area contributed by atoms with E-state index in [0.717, 1.165) is 34.2 Å². The highest BCUT2D eigenvalue weighted by atomic mass is 35.5. The summed E-state index contributed by atoms with van der Waals surface area (Å²) in [6.07, 6.45) is 8.06. The van der Waals surface area contributed by atoms with Crippen molar-refractivity contribution in [1.29, 1.82) is 0 Å². The Morgan fingerprint density at radius 2 is 1.86 bits per heavy atom. The van der Waals surface area contributed by atoms with Gasteiger partial charge in [-0.2, -0.15) is 0 Å². The second kappa shape index (κ2) is 7.34. The van der Waals surface area contributed by atoms with Gasteiger partial charge in [0.1, 0.15) is 11.5 Å². The average Bonchev–Trinajstić information content (AvgIpc) is 2.83. The van der Waals surface area contributed by atoms with Crippen LogP contribution in [-0.4, -0.2) is 6.04 Å². The van der Waals surface area contributed by atoms with Crippen molar-refractivity contribution in [2.24, 2.45) is 0 Å². The van der Waals surface area contributed by atoms with Gasteiger partial charge in [0.2, 0.25) is 0 Å². The Labute approximate surface area is 137 Å². The molecule has 1 aromatic carbocycles. The van der Waals surface area contributed by atoms with E-state index >= 15 is 0 Å². The van der Waals surface area contributed by atoms with Crippen LogP contribution in [0.25, 0.3) is 11.3 Å². The van der Waals surface area contributed by atoms with Crippen LogP contribution < -0.4 is 5.32 Å². The summed E-state index contributed by atoms with van der Waals surface area (Å²) >= 11 is 6.19. The van der Waals surface area contributed by atoms with Gasteiger partial charge in [0.05, 0.1) is 6.54 Å². The maximum Gasteiger partial charge on any atom is 0.134 e. The number of hydrogen-bond acceptors (Lipinski definition) is 2. The van der Waals surface area contributed by atoms with Gasteiger partial charge in [-0.1, -0.05) is 49.4 Å². The first-order valence-corrected chi connectivity index (χ1v) is 8.69. The average molecular weight is 318 g/mol. The Morgan fingerprint density at radius 3 is 2.59 bits per heavy atom. The molecule has 1 aliphatic carbocycles. The second-order valence-corrected chi connectivity index (χ2v) is 6.71. The van der Waals surface area contributed by atoms with Crippen LogP contribution in [0.2, 0.25) is 5.02 Å². The molecule has 0 unspecified atom stereocenters. The monoisotopic (exact) mass is 317 g/mol. The minimum absolute atomic E-state index is 0.643. The highest BCUT2D eigenvalue weighted by Gasteiger charge is 2.12. The van der Waals surface area contributed by atoms with Gasteiger partial charge in [-0.05, 0) is 43.5 Å². The predicted octanol–water partition coefficient (Wildman–Crippen LogP) is 5.72. The van der Waals surface area contributed by atoms with Crippen molar-refractivity contribution in [3.63, 3.8) is 0 Å². The smallest absolute Gasteiger partial charge is 0.134 e. The fraction of sp³-hybridized carbons (Fsp3) is 0.474. The lowest BCUT2D eigenvalue weighted by Crippen LogP contribution is -2.27. The molecule has 1 saturated carbocycles. The van der Waals surface area contributed by atoms with Crippen molar-refractivity contribution in [2.75, 3.05) is 0 Å².